The van der Waals surface area contributed by atoms with Gasteiger partial charge < -0.3 is 9.47 Å². The van der Waals surface area contributed by atoms with E-state index in [0.29, 0.717) is 35.1 Å². The topological polar surface area (TPSA) is 94.1 Å². The van der Waals surface area contributed by atoms with Gasteiger partial charge in [0.25, 0.3) is 10.0 Å². The number of hydrogen-bond acceptors (Lipinski definition) is 6. The standard InChI is InChI=1S/C19H19ClN2O5S/c20-14-5-3-6-15(13-14)26-11-12-27-18(23)9-4-10-21-19-16-7-1-2-8-17(16)28(24,25)22-19/h1-3,5-8,13H,4,9-12H2,(H,21,22). The quantitative estimate of drug-likeness (QED) is 0.521. The van der Waals surface area contributed by atoms with Gasteiger partial charge in [-0.1, -0.05) is 29.8 Å². The summed E-state index contributed by atoms with van der Waals surface area (Å²) < 4.78 is 36.9. The van der Waals surface area contributed by atoms with Crippen LogP contribution in [0.2, 0.25) is 5.02 Å². The molecule has 0 saturated heterocycles. The Morgan fingerprint density at radius 1 is 1.11 bits per heavy atom. The van der Waals surface area contributed by atoms with Gasteiger partial charge >= 0.3 is 5.97 Å². The second-order valence-corrected chi connectivity index (χ2v) is 8.05. The van der Waals surface area contributed by atoms with E-state index < -0.39 is 10.0 Å². The van der Waals surface area contributed by atoms with Crippen LogP contribution in [0.25, 0.3) is 0 Å². The molecule has 2 aromatic rings. The summed E-state index contributed by atoms with van der Waals surface area (Å²) in [5.74, 6) is 0.555. The van der Waals surface area contributed by atoms with Crippen molar-refractivity contribution in [2.24, 2.45) is 4.99 Å². The van der Waals surface area contributed by atoms with E-state index in [2.05, 4.69) is 9.71 Å². The summed E-state index contributed by atoms with van der Waals surface area (Å²) in [6, 6.07) is 13.6. The number of carbonyl (C=O) groups excluding carboxylic acids is 1. The van der Waals surface area contributed by atoms with Crippen molar-refractivity contribution in [2.75, 3.05) is 19.8 Å². The zero-order chi connectivity index (χ0) is 20.0. The normalized spacial score (nSPS) is 15.7. The number of ether oxygens (including phenoxy) is 2. The highest BCUT2D eigenvalue weighted by atomic mass is 35.5. The Hall–Kier alpha value is -2.58. The van der Waals surface area contributed by atoms with Gasteiger partial charge in [0, 0.05) is 23.6 Å². The van der Waals surface area contributed by atoms with Crippen LogP contribution in [0.4, 0.5) is 0 Å². The van der Waals surface area contributed by atoms with Crippen LogP contribution in [0.5, 0.6) is 5.75 Å². The van der Waals surface area contributed by atoms with Gasteiger partial charge in [-0.15, -0.1) is 0 Å². The second kappa shape index (κ2) is 9.07. The minimum absolute atomic E-state index is 0.132. The van der Waals surface area contributed by atoms with Gasteiger partial charge in [0.1, 0.15) is 24.8 Å². The molecule has 0 radical (unpaired) electrons. The summed E-state index contributed by atoms with van der Waals surface area (Å²) >= 11 is 5.86. The SMILES string of the molecule is O=C(CCCN=C1NS(=O)(=O)c2ccccc21)OCCOc1cccc(Cl)c1. The number of aliphatic imine (C=N–C) groups is 1. The van der Waals surface area contributed by atoms with E-state index in [0.717, 1.165) is 0 Å². The Kier molecular flexibility index (Phi) is 6.53. The number of esters is 1. The Labute approximate surface area is 168 Å². The van der Waals surface area contributed by atoms with E-state index in [1.54, 1.807) is 42.5 Å². The van der Waals surface area contributed by atoms with Crippen molar-refractivity contribution >= 4 is 33.4 Å². The highest BCUT2D eigenvalue weighted by Gasteiger charge is 2.29. The molecule has 0 aromatic heterocycles. The lowest BCUT2D eigenvalue weighted by molar-refractivity contribution is -0.144. The predicted molar refractivity (Wildman–Crippen MR) is 105 cm³/mol. The molecule has 1 heterocycles. The van der Waals surface area contributed by atoms with Crippen molar-refractivity contribution in [2.45, 2.75) is 17.7 Å². The molecule has 0 fully saturated rings. The monoisotopic (exact) mass is 422 g/mol. The number of rotatable bonds is 8. The fraction of sp³-hybridized carbons (Fsp3) is 0.263. The first-order valence-corrected chi connectivity index (χ1v) is 10.5. The fourth-order valence-electron chi connectivity index (χ4n) is 2.61. The zero-order valence-electron chi connectivity index (χ0n) is 14.9. The van der Waals surface area contributed by atoms with E-state index >= 15 is 0 Å². The minimum atomic E-state index is -3.54. The lowest BCUT2D eigenvalue weighted by Gasteiger charge is -2.07. The molecule has 7 nitrogen and oxygen atoms in total. The van der Waals surface area contributed by atoms with E-state index in [9.17, 15) is 13.2 Å². The van der Waals surface area contributed by atoms with Gasteiger partial charge in [0.15, 0.2) is 0 Å². The number of fused-ring (bicyclic) bond motifs is 1. The molecule has 0 aliphatic carbocycles. The molecule has 0 amide bonds. The first-order valence-electron chi connectivity index (χ1n) is 8.66. The number of sulfonamides is 1. The summed E-state index contributed by atoms with van der Waals surface area (Å²) in [5.41, 5.74) is 0.545. The number of nitrogens with one attached hydrogen (secondary N) is 1. The molecule has 148 valence electrons. The zero-order valence-corrected chi connectivity index (χ0v) is 16.5. The average Bonchev–Trinajstić information content (AvgIpc) is 2.93. The molecular formula is C19H19ClN2O5S. The van der Waals surface area contributed by atoms with Crippen LogP contribution >= 0.6 is 11.6 Å². The fourth-order valence-corrected chi connectivity index (χ4v) is 4.04. The summed E-state index contributed by atoms with van der Waals surface area (Å²) in [5, 5.41) is 0.572. The summed E-state index contributed by atoms with van der Waals surface area (Å²) in [6.07, 6.45) is 0.629. The third-order valence-corrected chi connectivity index (χ3v) is 5.52. The molecule has 1 N–H and O–H groups in total. The Bertz CT molecular complexity index is 991. The predicted octanol–water partition coefficient (Wildman–Crippen LogP) is 2.78. The molecule has 0 bridgehead atoms. The van der Waals surface area contributed by atoms with Crippen LogP contribution in [0, 0.1) is 0 Å². The average molecular weight is 423 g/mol. The van der Waals surface area contributed by atoms with Crippen molar-refractivity contribution in [1.29, 1.82) is 0 Å². The number of halogens is 1. The Morgan fingerprint density at radius 2 is 1.93 bits per heavy atom. The van der Waals surface area contributed by atoms with Crippen LogP contribution in [-0.4, -0.2) is 40.0 Å². The van der Waals surface area contributed by atoms with Gasteiger partial charge in [0.05, 0.1) is 4.90 Å². The summed E-state index contributed by atoms with van der Waals surface area (Å²) in [7, 11) is -3.54. The van der Waals surface area contributed by atoms with Gasteiger partial charge in [-0.2, -0.15) is 0 Å². The number of nitrogens with zero attached hydrogens (tertiary/aromatic N) is 1. The van der Waals surface area contributed by atoms with Crippen molar-refractivity contribution in [1.82, 2.24) is 4.72 Å². The first-order chi connectivity index (χ1) is 13.5. The van der Waals surface area contributed by atoms with Crippen LogP contribution in [0.15, 0.2) is 58.4 Å². The highest BCUT2D eigenvalue weighted by Crippen LogP contribution is 2.22. The van der Waals surface area contributed by atoms with E-state index in [4.69, 9.17) is 21.1 Å². The van der Waals surface area contributed by atoms with Crippen LogP contribution in [0.1, 0.15) is 18.4 Å². The van der Waals surface area contributed by atoms with Gasteiger partial charge in [-0.3, -0.25) is 14.5 Å². The van der Waals surface area contributed by atoms with Gasteiger partial charge in [-0.25, -0.2) is 8.42 Å². The van der Waals surface area contributed by atoms with E-state index in [1.807, 2.05) is 0 Å². The molecule has 3 rings (SSSR count). The summed E-state index contributed by atoms with van der Waals surface area (Å²) in [6.45, 7) is 0.667. The molecule has 1 aliphatic heterocycles. The molecule has 1 aliphatic rings. The molecule has 28 heavy (non-hydrogen) atoms. The van der Waals surface area contributed by atoms with Crippen molar-refractivity contribution < 1.29 is 22.7 Å². The third-order valence-electron chi connectivity index (χ3n) is 3.88. The maximum absolute atomic E-state index is 12.0. The maximum Gasteiger partial charge on any atom is 0.305 e. The molecule has 0 spiro atoms. The van der Waals surface area contributed by atoms with Crippen molar-refractivity contribution in [3.05, 3.63) is 59.1 Å². The number of carbonyl (C=O) groups is 1. The number of hydrogen-bond donors (Lipinski definition) is 1. The first kappa shape index (κ1) is 20.2. The third kappa shape index (κ3) is 5.24. The molecule has 9 heteroatoms. The number of amidine groups is 1. The maximum atomic E-state index is 12.0. The van der Waals surface area contributed by atoms with Crippen LogP contribution in [-0.2, 0) is 19.6 Å². The lowest BCUT2D eigenvalue weighted by Crippen LogP contribution is -2.22. The van der Waals surface area contributed by atoms with Gasteiger partial charge in [-0.05, 0) is 36.8 Å². The van der Waals surface area contributed by atoms with Gasteiger partial charge in [0.2, 0.25) is 0 Å². The minimum Gasteiger partial charge on any atom is -0.490 e. The van der Waals surface area contributed by atoms with Crippen molar-refractivity contribution in [3.8, 4) is 5.75 Å². The van der Waals surface area contributed by atoms with E-state index in [1.165, 1.54) is 6.07 Å². The van der Waals surface area contributed by atoms with Crippen LogP contribution < -0.4 is 9.46 Å². The van der Waals surface area contributed by atoms with E-state index in [-0.39, 0.29) is 30.5 Å². The Balaban J connectivity index is 1.37. The smallest absolute Gasteiger partial charge is 0.305 e. The molecule has 0 atom stereocenters. The van der Waals surface area contributed by atoms with Crippen LogP contribution in [0.3, 0.4) is 0 Å². The Morgan fingerprint density at radius 3 is 2.75 bits per heavy atom. The highest BCUT2D eigenvalue weighted by molar-refractivity contribution is 7.90. The molecule has 2 aromatic carbocycles. The van der Waals surface area contributed by atoms with Crippen molar-refractivity contribution in [3.63, 3.8) is 0 Å². The molecular weight excluding hydrogens is 404 g/mol. The molecule has 0 unspecified atom stereocenters. The molecule has 0 saturated carbocycles. The number of benzene rings is 2. The second-order valence-electron chi connectivity index (χ2n) is 5.96. The summed E-state index contributed by atoms with van der Waals surface area (Å²) in [4.78, 5) is 16.2. The lowest BCUT2D eigenvalue weighted by atomic mass is 10.2. The largest absolute Gasteiger partial charge is 0.490 e.